The molecule has 0 aromatic heterocycles. The topological polar surface area (TPSA) is 61.5 Å². The van der Waals surface area contributed by atoms with Gasteiger partial charge < -0.3 is 15.2 Å². The normalized spacial score (nSPS) is 10.2. The summed E-state index contributed by atoms with van der Waals surface area (Å²) in [5.41, 5.74) is 5.47. The average molecular weight is 279 g/mol. The van der Waals surface area contributed by atoms with Crippen LogP contribution in [0.3, 0.4) is 0 Å². The summed E-state index contributed by atoms with van der Waals surface area (Å²) in [6, 6.07) is 7.12. The molecule has 0 aliphatic carbocycles. The number of halogens is 2. The second kappa shape index (κ2) is 5.56. The molecule has 0 spiro atoms. The van der Waals surface area contributed by atoms with Crippen molar-refractivity contribution in [3.8, 4) is 11.5 Å². The van der Waals surface area contributed by atoms with Crippen LogP contribution in [0, 0.1) is 11.6 Å². The lowest BCUT2D eigenvalue weighted by atomic mass is 10.1. The summed E-state index contributed by atoms with van der Waals surface area (Å²) in [5.74, 6) is -1.85. The first-order chi connectivity index (χ1) is 9.51. The van der Waals surface area contributed by atoms with Gasteiger partial charge in [-0.25, -0.2) is 13.6 Å². The Bertz CT molecular complexity index is 642. The van der Waals surface area contributed by atoms with Crippen LogP contribution >= 0.6 is 0 Å². The molecule has 0 amide bonds. The van der Waals surface area contributed by atoms with Crippen molar-refractivity contribution in [1.29, 1.82) is 0 Å². The van der Waals surface area contributed by atoms with Crippen LogP contribution in [0.5, 0.6) is 11.5 Å². The van der Waals surface area contributed by atoms with E-state index in [9.17, 15) is 13.6 Å². The van der Waals surface area contributed by atoms with Crippen LogP contribution in [0.4, 0.5) is 14.5 Å². The van der Waals surface area contributed by atoms with E-state index in [1.807, 2.05) is 0 Å². The molecule has 0 saturated carbocycles. The third-order valence-electron chi connectivity index (χ3n) is 2.55. The van der Waals surface area contributed by atoms with Gasteiger partial charge in [-0.05, 0) is 24.3 Å². The molecule has 0 bridgehead atoms. The molecule has 0 radical (unpaired) electrons. The fourth-order valence-corrected chi connectivity index (χ4v) is 1.56. The first-order valence-corrected chi connectivity index (χ1v) is 5.62. The van der Waals surface area contributed by atoms with E-state index in [4.69, 9.17) is 10.5 Å². The molecule has 0 fully saturated rings. The van der Waals surface area contributed by atoms with E-state index in [1.54, 1.807) is 0 Å². The first kappa shape index (κ1) is 13.8. The Hall–Kier alpha value is -2.63. The summed E-state index contributed by atoms with van der Waals surface area (Å²) in [7, 11) is 1.19. The molecule has 20 heavy (non-hydrogen) atoms. The van der Waals surface area contributed by atoms with Crippen LogP contribution in [0.2, 0.25) is 0 Å². The molecule has 6 heteroatoms. The minimum atomic E-state index is -0.737. The molecule has 0 aliphatic rings. The number of hydrogen-bond acceptors (Lipinski definition) is 4. The molecule has 104 valence electrons. The summed E-state index contributed by atoms with van der Waals surface area (Å²) >= 11 is 0. The third-order valence-corrected chi connectivity index (χ3v) is 2.55. The number of anilines is 1. The predicted molar refractivity (Wildman–Crippen MR) is 68.6 cm³/mol. The summed E-state index contributed by atoms with van der Waals surface area (Å²) < 4.78 is 36.3. The van der Waals surface area contributed by atoms with Gasteiger partial charge in [0.05, 0.1) is 12.7 Å². The molecule has 2 aromatic carbocycles. The lowest BCUT2D eigenvalue weighted by Gasteiger charge is -2.10. The van der Waals surface area contributed by atoms with E-state index in [0.29, 0.717) is 0 Å². The van der Waals surface area contributed by atoms with Crippen molar-refractivity contribution in [3.63, 3.8) is 0 Å². The summed E-state index contributed by atoms with van der Waals surface area (Å²) in [6.45, 7) is 0. The maximum absolute atomic E-state index is 13.7. The van der Waals surface area contributed by atoms with Crippen molar-refractivity contribution >= 4 is 11.7 Å². The van der Waals surface area contributed by atoms with Crippen molar-refractivity contribution in [1.82, 2.24) is 0 Å². The molecular formula is C14H11F2NO3. The maximum Gasteiger partial charge on any atom is 0.340 e. The van der Waals surface area contributed by atoms with Gasteiger partial charge in [0.2, 0.25) is 0 Å². The van der Waals surface area contributed by atoms with Gasteiger partial charge in [-0.15, -0.1) is 0 Å². The third kappa shape index (κ3) is 2.85. The second-order valence-electron chi connectivity index (χ2n) is 3.92. The Balaban J connectivity index is 2.36. The molecule has 2 rings (SSSR count). The summed E-state index contributed by atoms with van der Waals surface area (Å²) in [4.78, 5) is 11.5. The maximum atomic E-state index is 13.7. The largest absolute Gasteiger partial charge is 0.465 e. The molecule has 0 aliphatic heterocycles. The van der Waals surface area contributed by atoms with Crippen molar-refractivity contribution in [2.24, 2.45) is 0 Å². The van der Waals surface area contributed by atoms with E-state index in [2.05, 4.69) is 4.74 Å². The quantitative estimate of drug-likeness (QED) is 0.692. The molecule has 0 unspecified atom stereocenters. The number of rotatable bonds is 3. The number of methoxy groups -OCH3 is 1. The highest BCUT2D eigenvalue weighted by Gasteiger charge is 2.16. The summed E-state index contributed by atoms with van der Waals surface area (Å²) in [6.07, 6.45) is 0. The van der Waals surface area contributed by atoms with Gasteiger partial charge in [0.25, 0.3) is 0 Å². The van der Waals surface area contributed by atoms with Crippen LogP contribution in [0.25, 0.3) is 0 Å². The molecule has 0 saturated heterocycles. The van der Waals surface area contributed by atoms with Gasteiger partial charge >= 0.3 is 5.97 Å². The van der Waals surface area contributed by atoms with E-state index in [1.165, 1.54) is 31.4 Å². The van der Waals surface area contributed by atoms with E-state index in [-0.39, 0.29) is 22.7 Å². The molecule has 2 aromatic rings. The fourth-order valence-electron chi connectivity index (χ4n) is 1.56. The van der Waals surface area contributed by atoms with Crippen molar-refractivity contribution in [2.75, 3.05) is 12.8 Å². The Morgan fingerprint density at radius 3 is 2.40 bits per heavy atom. The lowest BCUT2D eigenvalue weighted by molar-refractivity contribution is 0.0601. The molecule has 2 N–H and O–H groups in total. The minimum Gasteiger partial charge on any atom is -0.465 e. The zero-order valence-electron chi connectivity index (χ0n) is 10.5. The average Bonchev–Trinajstić information content (AvgIpc) is 2.43. The van der Waals surface area contributed by atoms with E-state index < -0.39 is 17.6 Å². The monoisotopic (exact) mass is 279 g/mol. The summed E-state index contributed by atoms with van der Waals surface area (Å²) in [5, 5.41) is 0. The van der Waals surface area contributed by atoms with E-state index >= 15 is 0 Å². The smallest absolute Gasteiger partial charge is 0.340 e. The number of hydrogen-bond donors (Lipinski definition) is 1. The van der Waals surface area contributed by atoms with Crippen LogP contribution in [-0.2, 0) is 4.74 Å². The SMILES string of the molecule is COC(=O)c1cc(Oc2ccc(F)cc2)c(F)cc1N. The Labute approximate surface area is 113 Å². The Morgan fingerprint density at radius 2 is 1.80 bits per heavy atom. The molecular weight excluding hydrogens is 268 g/mol. The number of nitrogen functional groups attached to an aromatic ring is 1. The zero-order valence-corrected chi connectivity index (χ0v) is 10.5. The highest BCUT2D eigenvalue weighted by Crippen LogP contribution is 2.29. The number of carbonyl (C=O) groups is 1. The van der Waals surface area contributed by atoms with Gasteiger partial charge in [0.1, 0.15) is 11.6 Å². The lowest BCUT2D eigenvalue weighted by Crippen LogP contribution is -2.06. The molecule has 0 heterocycles. The number of ether oxygens (including phenoxy) is 2. The standard InChI is InChI=1S/C14H11F2NO3/c1-19-14(18)10-6-13(11(16)7-12(10)17)20-9-4-2-8(15)3-5-9/h2-7H,17H2,1H3. The Kier molecular flexibility index (Phi) is 3.84. The first-order valence-electron chi connectivity index (χ1n) is 5.62. The molecule has 0 atom stereocenters. The van der Waals surface area contributed by atoms with Gasteiger partial charge in [-0.3, -0.25) is 0 Å². The van der Waals surface area contributed by atoms with Crippen LogP contribution in [-0.4, -0.2) is 13.1 Å². The predicted octanol–water partition coefficient (Wildman–Crippen LogP) is 3.13. The fraction of sp³-hybridized carbons (Fsp3) is 0.0714. The minimum absolute atomic E-state index is 0.00832. The highest BCUT2D eigenvalue weighted by molar-refractivity contribution is 5.95. The Morgan fingerprint density at radius 1 is 1.15 bits per heavy atom. The molecule has 4 nitrogen and oxygen atoms in total. The number of carbonyl (C=O) groups excluding carboxylic acids is 1. The van der Waals surface area contributed by atoms with Crippen LogP contribution < -0.4 is 10.5 Å². The van der Waals surface area contributed by atoms with Gasteiger partial charge in [0, 0.05) is 17.8 Å². The van der Waals surface area contributed by atoms with Gasteiger partial charge in [0.15, 0.2) is 11.6 Å². The second-order valence-corrected chi connectivity index (χ2v) is 3.92. The van der Waals surface area contributed by atoms with Gasteiger partial charge in [-0.1, -0.05) is 0 Å². The van der Waals surface area contributed by atoms with E-state index in [0.717, 1.165) is 12.1 Å². The number of nitrogens with two attached hydrogens (primary N) is 1. The van der Waals surface area contributed by atoms with Crippen LogP contribution in [0.1, 0.15) is 10.4 Å². The number of esters is 1. The highest BCUT2D eigenvalue weighted by atomic mass is 19.1. The number of benzene rings is 2. The van der Waals surface area contributed by atoms with Crippen molar-refractivity contribution in [3.05, 3.63) is 53.6 Å². The zero-order chi connectivity index (χ0) is 14.7. The van der Waals surface area contributed by atoms with Crippen molar-refractivity contribution in [2.45, 2.75) is 0 Å². The van der Waals surface area contributed by atoms with Gasteiger partial charge in [-0.2, -0.15) is 0 Å². The van der Waals surface area contributed by atoms with Crippen molar-refractivity contribution < 1.29 is 23.0 Å². The van der Waals surface area contributed by atoms with Crippen LogP contribution in [0.15, 0.2) is 36.4 Å².